The summed E-state index contributed by atoms with van der Waals surface area (Å²) in [4.78, 5) is 12.1. The lowest BCUT2D eigenvalue weighted by Crippen LogP contribution is -2.55. The average molecular weight is 335 g/mol. The van der Waals surface area contributed by atoms with Crippen LogP contribution in [0.3, 0.4) is 0 Å². The molecule has 0 aliphatic carbocycles. The van der Waals surface area contributed by atoms with Crippen molar-refractivity contribution in [3.05, 3.63) is 10.0 Å². The van der Waals surface area contributed by atoms with E-state index in [1.54, 1.807) is 11.3 Å². The molecule has 21 heavy (non-hydrogen) atoms. The van der Waals surface area contributed by atoms with Crippen molar-refractivity contribution in [3.8, 4) is 0 Å². The fraction of sp³-hybridized carbons (Fsp3) is 0.769. The molecule has 1 aromatic heterocycles. The Morgan fingerprint density at radius 2 is 2.19 bits per heavy atom. The number of hydrogen-bond donors (Lipinski definition) is 2. The number of morpholine rings is 1. The molecule has 8 heteroatoms. The minimum Gasteiger partial charge on any atom is -0.375 e. The van der Waals surface area contributed by atoms with E-state index in [-0.39, 0.29) is 35.9 Å². The molecule has 0 bridgehead atoms. The molecule has 2 rings (SSSR count). The quantitative estimate of drug-likeness (QED) is 0.870. The predicted octanol–water partition coefficient (Wildman–Crippen LogP) is 1.25. The number of halogens is 1. The van der Waals surface area contributed by atoms with Gasteiger partial charge in [-0.3, -0.25) is 4.79 Å². The van der Waals surface area contributed by atoms with Gasteiger partial charge in [-0.25, -0.2) is 0 Å². The lowest BCUT2D eigenvalue weighted by molar-refractivity contribution is -0.129. The van der Waals surface area contributed by atoms with E-state index in [1.807, 2.05) is 6.92 Å². The summed E-state index contributed by atoms with van der Waals surface area (Å²) in [6, 6.07) is -0.293. The molecule has 0 spiro atoms. The fourth-order valence-corrected chi connectivity index (χ4v) is 2.77. The lowest BCUT2D eigenvalue weighted by Gasteiger charge is -2.29. The summed E-state index contributed by atoms with van der Waals surface area (Å²) in [6.45, 7) is 9.96. The van der Waals surface area contributed by atoms with E-state index in [9.17, 15) is 4.79 Å². The summed E-state index contributed by atoms with van der Waals surface area (Å²) in [6.07, 6.45) is -0.108. The molecule has 0 aromatic carbocycles. The molecule has 2 heterocycles. The topological polar surface area (TPSA) is 76.1 Å². The zero-order valence-corrected chi connectivity index (χ0v) is 14.4. The Morgan fingerprint density at radius 3 is 2.76 bits per heavy atom. The van der Waals surface area contributed by atoms with Gasteiger partial charge in [0.2, 0.25) is 5.91 Å². The number of nitrogens with one attached hydrogen (secondary N) is 2. The Kier molecular flexibility index (Phi) is 6.52. The second kappa shape index (κ2) is 7.49. The molecule has 0 unspecified atom stereocenters. The van der Waals surface area contributed by atoms with Crippen LogP contribution in [0.15, 0.2) is 0 Å². The van der Waals surface area contributed by atoms with E-state index in [1.165, 1.54) is 0 Å². The summed E-state index contributed by atoms with van der Waals surface area (Å²) in [7, 11) is 0. The first-order valence-electron chi connectivity index (χ1n) is 6.83. The minimum atomic E-state index is -0.293. The van der Waals surface area contributed by atoms with Crippen molar-refractivity contribution in [2.75, 3.05) is 13.2 Å². The Balaban J connectivity index is 0.00000220. The molecule has 1 aromatic rings. The molecular formula is C13H23ClN4O2S. The first-order valence-corrected chi connectivity index (χ1v) is 7.65. The summed E-state index contributed by atoms with van der Waals surface area (Å²) in [5.74, 6) is -0.0512. The minimum absolute atomic E-state index is 0. The van der Waals surface area contributed by atoms with E-state index in [4.69, 9.17) is 4.74 Å². The number of rotatable bonds is 3. The number of aromatic nitrogens is 2. The van der Waals surface area contributed by atoms with Crippen LogP contribution in [0.5, 0.6) is 0 Å². The van der Waals surface area contributed by atoms with Gasteiger partial charge >= 0.3 is 0 Å². The molecule has 0 saturated carbocycles. The highest BCUT2D eigenvalue weighted by atomic mass is 35.5. The monoisotopic (exact) mass is 334 g/mol. The first kappa shape index (κ1) is 18.3. The zero-order valence-electron chi connectivity index (χ0n) is 12.8. The Labute approximate surface area is 135 Å². The van der Waals surface area contributed by atoms with Gasteiger partial charge in [-0.05, 0) is 6.92 Å². The van der Waals surface area contributed by atoms with E-state index >= 15 is 0 Å². The lowest BCUT2D eigenvalue weighted by atomic mass is 9.98. The van der Waals surface area contributed by atoms with Gasteiger partial charge in [-0.1, -0.05) is 32.1 Å². The highest BCUT2D eigenvalue weighted by molar-refractivity contribution is 7.11. The van der Waals surface area contributed by atoms with Gasteiger partial charge < -0.3 is 15.4 Å². The molecule has 0 radical (unpaired) electrons. The van der Waals surface area contributed by atoms with E-state index in [0.29, 0.717) is 19.7 Å². The van der Waals surface area contributed by atoms with Gasteiger partial charge in [0.15, 0.2) is 0 Å². The van der Waals surface area contributed by atoms with Crippen molar-refractivity contribution >= 4 is 29.7 Å². The number of hydrogen-bond acceptors (Lipinski definition) is 6. The SMILES string of the molecule is C[C@H]1OCCN[C@@H]1C(=O)NCc1nnc(C(C)(C)C)s1.Cl. The van der Waals surface area contributed by atoms with Gasteiger partial charge in [0.25, 0.3) is 0 Å². The molecule has 6 nitrogen and oxygen atoms in total. The first-order chi connectivity index (χ1) is 9.38. The van der Waals surface area contributed by atoms with E-state index in [2.05, 4.69) is 41.6 Å². The molecule has 2 N–H and O–H groups in total. The van der Waals surface area contributed by atoms with Crippen molar-refractivity contribution in [1.29, 1.82) is 0 Å². The average Bonchev–Trinajstić information content (AvgIpc) is 2.85. The highest BCUT2D eigenvalue weighted by Gasteiger charge is 2.28. The van der Waals surface area contributed by atoms with Crippen LogP contribution in [-0.2, 0) is 21.5 Å². The third-order valence-corrected chi connectivity index (χ3v) is 4.47. The normalized spacial score (nSPS) is 22.5. The predicted molar refractivity (Wildman–Crippen MR) is 84.9 cm³/mol. The number of nitrogens with zero attached hydrogens (tertiary/aromatic N) is 2. The van der Waals surface area contributed by atoms with Gasteiger partial charge in [-0.15, -0.1) is 22.6 Å². The second-order valence-corrected chi connectivity index (χ2v) is 7.04. The van der Waals surface area contributed by atoms with Gasteiger partial charge in [0, 0.05) is 12.0 Å². The van der Waals surface area contributed by atoms with Crippen LogP contribution in [0.25, 0.3) is 0 Å². The van der Waals surface area contributed by atoms with Gasteiger partial charge in [-0.2, -0.15) is 0 Å². The number of amides is 1. The van der Waals surface area contributed by atoms with Gasteiger partial charge in [0.05, 0.1) is 19.3 Å². The number of carbonyl (C=O) groups excluding carboxylic acids is 1. The highest BCUT2D eigenvalue weighted by Crippen LogP contribution is 2.25. The number of ether oxygens (including phenoxy) is 1. The van der Waals surface area contributed by atoms with Crippen LogP contribution < -0.4 is 10.6 Å². The Morgan fingerprint density at radius 1 is 1.48 bits per heavy atom. The maximum atomic E-state index is 12.1. The third-order valence-electron chi connectivity index (χ3n) is 3.12. The van der Waals surface area contributed by atoms with E-state index in [0.717, 1.165) is 10.0 Å². The summed E-state index contributed by atoms with van der Waals surface area (Å²) < 4.78 is 5.46. The van der Waals surface area contributed by atoms with E-state index < -0.39 is 0 Å². The van der Waals surface area contributed by atoms with Crippen LogP contribution in [0.4, 0.5) is 0 Å². The fourth-order valence-electron chi connectivity index (χ4n) is 1.93. The molecule has 1 saturated heterocycles. The van der Waals surface area contributed by atoms with Crippen LogP contribution >= 0.6 is 23.7 Å². The summed E-state index contributed by atoms with van der Waals surface area (Å²) in [5, 5.41) is 16.2. The van der Waals surface area contributed by atoms with Crippen molar-refractivity contribution in [1.82, 2.24) is 20.8 Å². The van der Waals surface area contributed by atoms with Gasteiger partial charge in [0.1, 0.15) is 16.1 Å². The second-order valence-electron chi connectivity index (χ2n) is 5.98. The van der Waals surface area contributed by atoms with Crippen molar-refractivity contribution in [2.24, 2.45) is 0 Å². The Hall–Kier alpha value is -0.760. The standard InChI is InChI=1S/C13H22N4O2S.ClH/c1-8-10(14-5-6-19-8)11(18)15-7-9-16-17-12(20-9)13(2,3)4;/h8,10,14H,5-7H2,1-4H3,(H,15,18);1H/t8-,10+;/m1./s1. The molecule has 1 fully saturated rings. The van der Waals surface area contributed by atoms with Crippen LogP contribution in [0.1, 0.15) is 37.7 Å². The van der Waals surface area contributed by atoms with Crippen molar-refractivity contribution in [3.63, 3.8) is 0 Å². The van der Waals surface area contributed by atoms with Crippen LogP contribution in [0, 0.1) is 0 Å². The molecule has 120 valence electrons. The third kappa shape index (κ3) is 4.88. The van der Waals surface area contributed by atoms with Crippen LogP contribution in [0.2, 0.25) is 0 Å². The molecule has 1 amide bonds. The molecule has 2 atom stereocenters. The maximum Gasteiger partial charge on any atom is 0.240 e. The molecular weight excluding hydrogens is 312 g/mol. The van der Waals surface area contributed by atoms with Crippen molar-refractivity contribution < 1.29 is 9.53 Å². The molecule has 1 aliphatic heterocycles. The van der Waals surface area contributed by atoms with Crippen LogP contribution in [-0.4, -0.2) is 41.4 Å². The Bertz CT molecular complexity index is 475. The summed E-state index contributed by atoms with van der Waals surface area (Å²) in [5.41, 5.74) is -0.00674. The maximum absolute atomic E-state index is 12.1. The largest absolute Gasteiger partial charge is 0.375 e. The zero-order chi connectivity index (χ0) is 14.8. The number of carbonyl (C=O) groups is 1. The molecule has 1 aliphatic rings. The summed E-state index contributed by atoms with van der Waals surface area (Å²) >= 11 is 1.54. The van der Waals surface area contributed by atoms with Crippen molar-refractivity contribution in [2.45, 2.75) is 51.8 Å². The smallest absolute Gasteiger partial charge is 0.240 e.